The van der Waals surface area contributed by atoms with Crippen LogP contribution in [0.5, 0.6) is 11.5 Å². The highest BCUT2D eigenvalue weighted by molar-refractivity contribution is 5.86. The zero-order chi connectivity index (χ0) is 27.3. The maximum absolute atomic E-state index is 13.3. The highest BCUT2D eigenvalue weighted by Gasteiger charge is 2.35. The summed E-state index contributed by atoms with van der Waals surface area (Å²) in [5.41, 5.74) is -2.91. The number of rotatable bonds is 5. The zero-order valence-corrected chi connectivity index (χ0v) is 19.7. The van der Waals surface area contributed by atoms with E-state index in [1.807, 2.05) is 0 Å². The van der Waals surface area contributed by atoms with E-state index in [-0.39, 0.29) is 39.0 Å². The Morgan fingerprint density at radius 2 is 1.31 bits per heavy atom. The Bertz CT molecular complexity index is 1940. The van der Waals surface area contributed by atoms with Gasteiger partial charge in [-0.3, -0.25) is 10.1 Å². The molecule has 3 heterocycles. The molecule has 0 radical (unpaired) electrons. The molecule has 12 heteroatoms. The van der Waals surface area contributed by atoms with Crippen LogP contribution in [0.3, 0.4) is 0 Å². The molecule has 0 aliphatic rings. The largest absolute Gasteiger partial charge is 0.507 e. The number of nitro benzene ring substituents is 1. The van der Waals surface area contributed by atoms with Gasteiger partial charge in [-0.05, 0) is 30.3 Å². The lowest BCUT2D eigenvalue weighted by atomic mass is 9.88. The summed E-state index contributed by atoms with van der Waals surface area (Å²) in [6.45, 7) is 0. The predicted octanol–water partition coefficient (Wildman–Crippen LogP) is 3.98. The second-order valence-corrected chi connectivity index (χ2v) is 8.56. The standard InChI is InChI=1S/C27H16N4O8/c32-24-14-7-1-5-11-19(14)38-26(34)22(24)21(23-25(33)15-8-2-6-12-20(15)39-27(23)35)16-13-30(29-28-16)17-9-3-4-10-18(17)31(36)37/h1-13,21,32-33H. The first-order valence-corrected chi connectivity index (χ1v) is 11.5. The zero-order valence-electron chi connectivity index (χ0n) is 19.7. The van der Waals surface area contributed by atoms with E-state index >= 15 is 0 Å². The van der Waals surface area contributed by atoms with Crippen LogP contribution in [0.2, 0.25) is 0 Å². The summed E-state index contributed by atoms with van der Waals surface area (Å²) in [5, 5.41) is 42.5. The monoisotopic (exact) mass is 524 g/mol. The van der Waals surface area contributed by atoms with Crippen LogP contribution >= 0.6 is 0 Å². The van der Waals surface area contributed by atoms with Crippen molar-refractivity contribution in [1.29, 1.82) is 0 Å². The molecule has 0 amide bonds. The van der Waals surface area contributed by atoms with Gasteiger partial charge in [-0.15, -0.1) is 5.10 Å². The molecule has 39 heavy (non-hydrogen) atoms. The van der Waals surface area contributed by atoms with Crippen molar-refractivity contribution in [3.8, 4) is 17.2 Å². The van der Waals surface area contributed by atoms with Crippen molar-refractivity contribution < 1.29 is 24.0 Å². The molecule has 0 aliphatic heterocycles. The van der Waals surface area contributed by atoms with Gasteiger partial charge in [0.1, 0.15) is 28.4 Å². The lowest BCUT2D eigenvalue weighted by Crippen LogP contribution is -2.21. The number of aromatic hydroxyl groups is 2. The van der Waals surface area contributed by atoms with E-state index in [4.69, 9.17) is 8.83 Å². The van der Waals surface area contributed by atoms with Gasteiger partial charge < -0.3 is 19.0 Å². The lowest BCUT2D eigenvalue weighted by Gasteiger charge is -2.17. The third-order valence-corrected chi connectivity index (χ3v) is 6.35. The summed E-state index contributed by atoms with van der Waals surface area (Å²) >= 11 is 0. The number of hydrogen-bond donors (Lipinski definition) is 2. The van der Waals surface area contributed by atoms with Gasteiger partial charge in [-0.25, -0.2) is 14.3 Å². The fourth-order valence-electron chi connectivity index (χ4n) is 4.58. The fourth-order valence-corrected chi connectivity index (χ4v) is 4.58. The van der Waals surface area contributed by atoms with Gasteiger partial charge in [0.25, 0.3) is 5.69 Å². The minimum atomic E-state index is -1.52. The van der Waals surface area contributed by atoms with E-state index in [1.54, 1.807) is 30.3 Å². The van der Waals surface area contributed by atoms with Crippen LogP contribution in [0, 0.1) is 10.1 Å². The molecule has 3 aromatic heterocycles. The highest BCUT2D eigenvalue weighted by Crippen LogP contribution is 2.41. The predicted molar refractivity (Wildman–Crippen MR) is 137 cm³/mol. The van der Waals surface area contributed by atoms with Crippen LogP contribution < -0.4 is 11.3 Å². The summed E-state index contributed by atoms with van der Waals surface area (Å²) in [4.78, 5) is 37.5. The maximum Gasteiger partial charge on any atom is 0.344 e. The van der Waals surface area contributed by atoms with E-state index in [1.165, 1.54) is 48.7 Å². The Morgan fingerprint density at radius 3 is 1.87 bits per heavy atom. The molecule has 2 N–H and O–H groups in total. The minimum Gasteiger partial charge on any atom is -0.507 e. The van der Waals surface area contributed by atoms with Crippen molar-refractivity contribution in [2.45, 2.75) is 5.92 Å². The maximum atomic E-state index is 13.3. The van der Waals surface area contributed by atoms with Crippen molar-refractivity contribution in [2.75, 3.05) is 0 Å². The van der Waals surface area contributed by atoms with Gasteiger partial charge in [0.2, 0.25) is 0 Å². The van der Waals surface area contributed by atoms with Crippen molar-refractivity contribution in [2.24, 2.45) is 0 Å². The molecule has 0 saturated carbocycles. The second-order valence-electron chi connectivity index (χ2n) is 8.56. The molecule has 6 aromatic rings. The Balaban J connectivity index is 1.67. The van der Waals surface area contributed by atoms with Gasteiger partial charge in [-0.1, -0.05) is 41.6 Å². The van der Waals surface area contributed by atoms with Gasteiger partial charge in [0, 0.05) is 6.07 Å². The topological polar surface area (TPSA) is 175 Å². The average Bonchev–Trinajstić information content (AvgIpc) is 3.42. The molecular weight excluding hydrogens is 508 g/mol. The van der Waals surface area contributed by atoms with Crippen molar-refractivity contribution in [1.82, 2.24) is 15.0 Å². The van der Waals surface area contributed by atoms with E-state index in [9.17, 15) is 29.9 Å². The summed E-state index contributed by atoms with van der Waals surface area (Å²) in [7, 11) is 0. The first kappa shape index (κ1) is 23.6. The molecule has 0 atom stereocenters. The minimum absolute atomic E-state index is 0.0598. The van der Waals surface area contributed by atoms with Crippen molar-refractivity contribution >= 4 is 27.6 Å². The van der Waals surface area contributed by atoms with Crippen LogP contribution in [0.15, 0.2) is 97.4 Å². The van der Waals surface area contributed by atoms with Crippen molar-refractivity contribution in [3.05, 3.63) is 127 Å². The Kier molecular flexibility index (Phi) is 5.42. The van der Waals surface area contributed by atoms with Gasteiger partial charge in [0.15, 0.2) is 0 Å². The molecule has 0 aliphatic carbocycles. The van der Waals surface area contributed by atoms with E-state index in [0.29, 0.717) is 0 Å². The smallest absolute Gasteiger partial charge is 0.344 e. The highest BCUT2D eigenvalue weighted by atomic mass is 16.6. The molecule has 192 valence electrons. The number of fused-ring (bicyclic) bond motifs is 2. The van der Waals surface area contributed by atoms with E-state index in [2.05, 4.69) is 10.3 Å². The van der Waals surface area contributed by atoms with Gasteiger partial charge in [0.05, 0.1) is 44.6 Å². The number of nitrogens with zero attached hydrogens (tertiary/aromatic N) is 4. The normalized spacial score (nSPS) is 11.4. The fraction of sp³-hybridized carbons (Fsp3) is 0.0370. The Hall–Kier alpha value is -5.78. The van der Waals surface area contributed by atoms with Crippen molar-refractivity contribution in [3.63, 3.8) is 0 Å². The number of para-hydroxylation sites is 4. The van der Waals surface area contributed by atoms with Crippen LogP contribution in [0.4, 0.5) is 5.69 Å². The third kappa shape index (κ3) is 3.78. The molecule has 12 nitrogen and oxygen atoms in total. The number of nitro groups is 1. The van der Waals surface area contributed by atoms with Crippen LogP contribution in [0.1, 0.15) is 22.7 Å². The summed E-state index contributed by atoms with van der Waals surface area (Å²) in [6.07, 6.45) is 1.26. The summed E-state index contributed by atoms with van der Waals surface area (Å²) in [6, 6.07) is 18.2. The van der Waals surface area contributed by atoms with Gasteiger partial charge in [-0.2, -0.15) is 0 Å². The number of aromatic nitrogens is 3. The van der Waals surface area contributed by atoms with Gasteiger partial charge >= 0.3 is 11.3 Å². The Labute approximate surface area is 216 Å². The number of hydrogen-bond acceptors (Lipinski definition) is 10. The van der Waals surface area contributed by atoms with E-state index in [0.717, 1.165) is 4.68 Å². The first-order valence-electron chi connectivity index (χ1n) is 11.5. The average molecular weight is 524 g/mol. The first-order chi connectivity index (χ1) is 18.8. The Morgan fingerprint density at radius 1 is 0.795 bits per heavy atom. The molecule has 0 spiro atoms. The number of benzene rings is 3. The molecule has 0 saturated heterocycles. The van der Waals surface area contributed by atoms with Crippen LogP contribution in [0.25, 0.3) is 27.6 Å². The molecule has 0 bridgehead atoms. The van der Waals surface area contributed by atoms with E-state index < -0.39 is 44.7 Å². The lowest BCUT2D eigenvalue weighted by molar-refractivity contribution is -0.384. The summed E-state index contributed by atoms with van der Waals surface area (Å²) in [5.74, 6) is -2.53. The molecular formula is C27H16N4O8. The molecule has 6 rings (SSSR count). The van der Waals surface area contributed by atoms with Crippen LogP contribution in [-0.2, 0) is 0 Å². The molecule has 3 aromatic carbocycles. The summed E-state index contributed by atoms with van der Waals surface area (Å²) < 4.78 is 12.0. The quantitative estimate of drug-likeness (QED) is 0.191. The molecule has 0 fully saturated rings. The SMILES string of the molecule is O=c1oc2ccccc2c(O)c1C(c1cn(-c2ccccc2[N+](=O)[O-])nn1)c1c(O)c2ccccc2oc1=O. The second kappa shape index (κ2) is 8.95. The third-order valence-electron chi connectivity index (χ3n) is 6.35. The molecule has 0 unspecified atom stereocenters. The van der Waals surface area contributed by atoms with Crippen LogP contribution in [-0.4, -0.2) is 30.1 Å².